The minimum atomic E-state index is -0.741. The molecule has 1 atom stereocenters. The first kappa shape index (κ1) is 13.4. The van der Waals surface area contributed by atoms with Gasteiger partial charge in [0.1, 0.15) is 0 Å². The molecule has 1 aromatic rings. The third kappa shape index (κ3) is 2.06. The van der Waals surface area contributed by atoms with Crippen LogP contribution in [0.2, 0.25) is 0 Å². The number of allylic oxidation sites excluding steroid dienone is 2. The van der Waals surface area contributed by atoms with Crippen LogP contribution in [0.3, 0.4) is 0 Å². The van der Waals surface area contributed by atoms with E-state index in [9.17, 15) is 14.7 Å². The molecular weight excluding hydrogens is 322 g/mol. The fraction of sp³-hybridized carbons (Fsp3) is 0.333. The molecule has 0 radical (unpaired) electrons. The molecule has 3 N–H and O–H groups in total. The van der Waals surface area contributed by atoms with Crippen molar-refractivity contribution in [2.45, 2.75) is 25.7 Å². The van der Waals surface area contributed by atoms with Gasteiger partial charge in [-0.1, -0.05) is 21.5 Å². The summed E-state index contributed by atoms with van der Waals surface area (Å²) in [7, 11) is 0. The van der Waals surface area contributed by atoms with Crippen molar-refractivity contribution in [2.24, 2.45) is 11.7 Å². The highest BCUT2D eigenvalue weighted by Gasteiger charge is 2.33. The zero-order valence-electron chi connectivity index (χ0n) is 10.8. The Bertz CT molecular complexity index is 663. The zero-order valence-corrected chi connectivity index (χ0v) is 12.4. The smallest absolute Gasteiger partial charge is 0.306 e. The van der Waals surface area contributed by atoms with E-state index < -0.39 is 11.9 Å². The number of primary amides is 1. The molecule has 0 spiro atoms. The SMILES string of the molecule is NC(=O)c1cc(Br)cc2c1CC1=C2CC(C(=O)O)CC1. The highest BCUT2D eigenvalue weighted by Crippen LogP contribution is 2.45. The number of halogens is 1. The molecule has 0 aromatic heterocycles. The predicted octanol–water partition coefficient (Wildman–Crippen LogP) is 2.74. The van der Waals surface area contributed by atoms with E-state index in [2.05, 4.69) is 15.9 Å². The van der Waals surface area contributed by atoms with Gasteiger partial charge in [-0.3, -0.25) is 9.59 Å². The summed E-state index contributed by atoms with van der Waals surface area (Å²) in [6.45, 7) is 0. The van der Waals surface area contributed by atoms with Crippen LogP contribution in [-0.4, -0.2) is 17.0 Å². The molecule has 4 nitrogen and oxygen atoms in total. The first-order valence-corrected chi connectivity index (χ1v) is 7.33. The maximum absolute atomic E-state index is 11.6. The zero-order chi connectivity index (χ0) is 14.4. The average molecular weight is 336 g/mol. The highest BCUT2D eigenvalue weighted by molar-refractivity contribution is 9.10. The first-order valence-electron chi connectivity index (χ1n) is 6.53. The van der Waals surface area contributed by atoms with Crippen LogP contribution in [0.4, 0.5) is 0 Å². The molecule has 0 saturated heterocycles. The number of nitrogens with two attached hydrogens (primary N) is 1. The lowest BCUT2D eigenvalue weighted by Crippen LogP contribution is -2.17. The van der Waals surface area contributed by atoms with Crippen LogP contribution in [0.15, 0.2) is 22.2 Å². The van der Waals surface area contributed by atoms with E-state index in [1.165, 1.54) is 5.57 Å². The van der Waals surface area contributed by atoms with Crippen molar-refractivity contribution in [1.82, 2.24) is 0 Å². The number of aliphatic carboxylic acids is 1. The molecule has 3 rings (SSSR count). The van der Waals surface area contributed by atoms with Crippen molar-refractivity contribution in [2.75, 3.05) is 0 Å². The second-order valence-electron chi connectivity index (χ2n) is 5.38. The normalized spacial score (nSPS) is 20.6. The summed E-state index contributed by atoms with van der Waals surface area (Å²) in [4.78, 5) is 22.8. The third-order valence-corrected chi connectivity index (χ3v) is 4.67. The van der Waals surface area contributed by atoms with E-state index >= 15 is 0 Å². The molecule has 1 unspecified atom stereocenters. The van der Waals surface area contributed by atoms with Crippen molar-refractivity contribution in [3.8, 4) is 0 Å². The van der Waals surface area contributed by atoms with E-state index in [1.54, 1.807) is 6.07 Å². The van der Waals surface area contributed by atoms with Gasteiger partial charge in [0.25, 0.3) is 0 Å². The lowest BCUT2D eigenvalue weighted by Gasteiger charge is -2.21. The van der Waals surface area contributed by atoms with Crippen molar-refractivity contribution < 1.29 is 14.7 Å². The summed E-state index contributed by atoms with van der Waals surface area (Å²) in [5.74, 6) is -1.50. The van der Waals surface area contributed by atoms with Crippen LogP contribution in [-0.2, 0) is 11.2 Å². The molecule has 2 aliphatic rings. The largest absolute Gasteiger partial charge is 0.481 e. The Hall–Kier alpha value is -1.62. The Kier molecular flexibility index (Phi) is 3.17. The van der Waals surface area contributed by atoms with Gasteiger partial charge >= 0.3 is 5.97 Å². The monoisotopic (exact) mass is 335 g/mol. The van der Waals surface area contributed by atoms with E-state index in [0.717, 1.165) is 34.0 Å². The number of fused-ring (bicyclic) bond motifs is 2. The van der Waals surface area contributed by atoms with Gasteiger partial charge in [0.2, 0.25) is 5.91 Å². The lowest BCUT2D eigenvalue weighted by atomic mass is 9.84. The molecule has 0 fully saturated rings. The molecule has 0 saturated carbocycles. The van der Waals surface area contributed by atoms with Gasteiger partial charge in [0.05, 0.1) is 5.92 Å². The molecule has 1 aromatic carbocycles. The quantitative estimate of drug-likeness (QED) is 0.871. The standard InChI is InChI=1S/C15H14BrNO3/c16-9-5-12-10-4-8(15(19)20)2-1-7(10)3-11(12)13(6-9)14(17)18/h5-6,8H,1-4H2,(H2,17,18)(H,19,20). The number of carboxylic acids is 1. The van der Waals surface area contributed by atoms with Gasteiger partial charge in [-0.05, 0) is 54.5 Å². The molecule has 0 bridgehead atoms. The van der Waals surface area contributed by atoms with E-state index in [0.29, 0.717) is 18.4 Å². The summed E-state index contributed by atoms with van der Waals surface area (Å²) in [6.07, 6.45) is 2.74. The number of carbonyl (C=O) groups excluding carboxylic acids is 1. The summed E-state index contributed by atoms with van der Waals surface area (Å²) in [6, 6.07) is 3.71. The second-order valence-corrected chi connectivity index (χ2v) is 6.30. The predicted molar refractivity (Wildman–Crippen MR) is 78.3 cm³/mol. The second kappa shape index (κ2) is 4.74. The van der Waals surface area contributed by atoms with Gasteiger partial charge in [0.15, 0.2) is 0 Å². The molecule has 0 aliphatic heterocycles. The van der Waals surface area contributed by atoms with Crippen molar-refractivity contribution >= 4 is 33.4 Å². The van der Waals surface area contributed by atoms with Crippen LogP contribution < -0.4 is 5.73 Å². The Balaban J connectivity index is 2.07. The number of hydrogen-bond donors (Lipinski definition) is 2. The lowest BCUT2D eigenvalue weighted by molar-refractivity contribution is -0.141. The fourth-order valence-corrected chi connectivity index (χ4v) is 3.69. The van der Waals surface area contributed by atoms with Crippen molar-refractivity contribution in [3.63, 3.8) is 0 Å². The van der Waals surface area contributed by atoms with Crippen LogP contribution >= 0.6 is 15.9 Å². The Morgan fingerprint density at radius 2 is 2.10 bits per heavy atom. The van der Waals surface area contributed by atoms with Crippen molar-refractivity contribution in [1.29, 1.82) is 0 Å². The van der Waals surface area contributed by atoms with Crippen molar-refractivity contribution in [3.05, 3.63) is 38.9 Å². The highest BCUT2D eigenvalue weighted by atomic mass is 79.9. The average Bonchev–Trinajstić information content (AvgIpc) is 2.75. The van der Waals surface area contributed by atoms with Crippen LogP contribution in [0.25, 0.3) is 5.57 Å². The third-order valence-electron chi connectivity index (χ3n) is 4.22. The minimum Gasteiger partial charge on any atom is -0.481 e. The fourth-order valence-electron chi connectivity index (χ4n) is 3.23. The maximum Gasteiger partial charge on any atom is 0.306 e. The number of carbonyl (C=O) groups is 2. The van der Waals surface area contributed by atoms with Gasteiger partial charge < -0.3 is 10.8 Å². The number of carboxylic acid groups (broad SMARTS) is 1. The molecule has 104 valence electrons. The number of rotatable bonds is 2. The molecule has 0 heterocycles. The number of hydrogen-bond acceptors (Lipinski definition) is 2. The number of benzene rings is 1. The van der Waals surface area contributed by atoms with Crippen LogP contribution in [0, 0.1) is 5.92 Å². The summed E-state index contributed by atoms with van der Waals surface area (Å²) in [5.41, 5.74) is 10.3. The molecular formula is C15H14BrNO3. The summed E-state index contributed by atoms with van der Waals surface area (Å²) < 4.78 is 0.802. The molecule has 20 heavy (non-hydrogen) atoms. The molecule has 1 amide bonds. The Labute approximate surface area is 124 Å². The minimum absolute atomic E-state index is 0.323. The van der Waals surface area contributed by atoms with E-state index in [4.69, 9.17) is 5.73 Å². The Morgan fingerprint density at radius 1 is 1.35 bits per heavy atom. The van der Waals surface area contributed by atoms with Gasteiger partial charge in [-0.2, -0.15) is 0 Å². The molecule has 5 heteroatoms. The van der Waals surface area contributed by atoms with Gasteiger partial charge in [0, 0.05) is 10.0 Å². The van der Waals surface area contributed by atoms with Gasteiger partial charge in [-0.15, -0.1) is 0 Å². The Morgan fingerprint density at radius 3 is 2.75 bits per heavy atom. The van der Waals surface area contributed by atoms with E-state index in [1.807, 2.05) is 6.07 Å². The maximum atomic E-state index is 11.6. The van der Waals surface area contributed by atoms with Crippen LogP contribution in [0.5, 0.6) is 0 Å². The summed E-state index contributed by atoms with van der Waals surface area (Å²) in [5, 5.41) is 9.20. The number of amides is 1. The summed E-state index contributed by atoms with van der Waals surface area (Å²) >= 11 is 3.40. The van der Waals surface area contributed by atoms with Gasteiger partial charge in [-0.25, -0.2) is 0 Å². The van der Waals surface area contributed by atoms with E-state index in [-0.39, 0.29) is 5.92 Å². The first-order chi connectivity index (χ1) is 9.47. The van der Waals surface area contributed by atoms with Crippen LogP contribution in [0.1, 0.15) is 40.7 Å². The topological polar surface area (TPSA) is 80.4 Å². The molecule has 2 aliphatic carbocycles.